The van der Waals surface area contributed by atoms with E-state index in [-0.39, 0.29) is 11.9 Å². The Bertz CT molecular complexity index is 337. The molecule has 15 heavy (non-hydrogen) atoms. The van der Waals surface area contributed by atoms with E-state index in [1.54, 1.807) is 13.2 Å². The number of nitrogens with two attached hydrogens (primary N) is 1. The summed E-state index contributed by atoms with van der Waals surface area (Å²) in [6.45, 7) is 3.81. The van der Waals surface area contributed by atoms with Crippen LogP contribution >= 0.6 is 0 Å². The fraction of sp³-hybridized carbons (Fsp3) is 0.500. The lowest BCUT2D eigenvalue weighted by Crippen LogP contribution is -2.18. The van der Waals surface area contributed by atoms with Gasteiger partial charge < -0.3 is 10.5 Å². The molecule has 1 aromatic carbocycles. The van der Waals surface area contributed by atoms with Crippen molar-refractivity contribution >= 4 is 0 Å². The molecule has 0 aliphatic heterocycles. The zero-order valence-corrected chi connectivity index (χ0v) is 9.51. The summed E-state index contributed by atoms with van der Waals surface area (Å²) < 4.78 is 18.8. The second-order valence-corrected chi connectivity index (χ2v) is 3.79. The van der Waals surface area contributed by atoms with Crippen LogP contribution in [0.15, 0.2) is 12.1 Å². The molecule has 0 aliphatic rings. The lowest BCUT2D eigenvalue weighted by atomic mass is 10.0. The highest BCUT2D eigenvalue weighted by Crippen LogP contribution is 2.24. The van der Waals surface area contributed by atoms with E-state index < -0.39 is 0 Å². The van der Waals surface area contributed by atoms with Crippen molar-refractivity contribution in [1.82, 2.24) is 0 Å². The standard InChI is InChI=1S/C12H18FNO/c1-4-10-11(13)6-9(5-8(2)14)7-12(10)15-3/h6-8H,4-5,14H2,1-3H3. The molecule has 0 saturated carbocycles. The number of ether oxygens (including phenoxy) is 1. The highest BCUT2D eigenvalue weighted by Gasteiger charge is 2.10. The van der Waals surface area contributed by atoms with Crippen molar-refractivity contribution in [2.45, 2.75) is 32.7 Å². The first-order valence-corrected chi connectivity index (χ1v) is 5.19. The fourth-order valence-electron chi connectivity index (χ4n) is 1.68. The lowest BCUT2D eigenvalue weighted by molar-refractivity contribution is 0.404. The minimum Gasteiger partial charge on any atom is -0.496 e. The maximum Gasteiger partial charge on any atom is 0.130 e. The zero-order valence-electron chi connectivity index (χ0n) is 9.51. The molecule has 0 amide bonds. The topological polar surface area (TPSA) is 35.2 Å². The van der Waals surface area contributed by atoms with E-state index in [0.717, 1.165) is 5.56 Å². The fourth-order valence-corrected chi connectivity index (χ4v) is 1.68. The number of benzene rings is 1. The Balaban J connectivity index is 3.08. The van der Waals surface area contributed by atoms with Crippen molar-refractivity contribution in [1.29, 1.82) is 0 Å². The van der Waals surface area contributed by atoms with Gasteiger partial charge in [0.05, 0.1) is 7.11 Å². The molecule has 2 N–H and O–H groups in total. The lowest BCUT2D eigenvalue weighted by Gasteiger charge is -2.12. The Morgan fingerprint density at radius 2 is 2.13 bits per heavy atom. The monoisotopic (exact) mass is 211 g/mol. The quantitative estimate of drug-likeness (QED) is 0.829. The molecule has 0 aromatic heterocycles. The van der Waals surface area contributed by atoms with Gasteiger partial charge in [-0.3, -0.25) is 0 Å². The van der Waals surface area contributed by atoms with Gasteiger partial charge in [0.15, 0.2) is 0 Å². The molecule has 0 heterocycles. The number of rotatable bonds is 4. The van der Waals surface area contributed by atoms with E-state index in [9.17, 15) is 4.39 Å². The van der Waals surface area contributed by atoms with E-state index in [1.807, 2.05) is 19.9 Å². The molecule has 1 atom stereocenters. The van der Waals surface area contributed by atoms with Gasteiger partial charge in [0.2, 0.25) is 0 Å². The van der Waals surface area contributed by atoms with Gasteiger partial charge in [-0.15, -0.1) is 0 Å². The van der Waals surface area contributed by atoms with Crippen molar-refractivity contribution in [2.75, 3.05) is 7.11 Å². The van der Waals surface area contributed by atoms with Crippen molar-refractivity contribution in [3.63, 3.8) is 0 Å². The van der Waals surface area contributed by atoms with Crippen LogP contribution in [0, 0.1) is 5.82 Å². The average molecular weight is 211 g/mol. The number of hydrogen-bond donors (Lipinski definition) is 1. The summed E-state index contributed by atoms with van der Waals surface area (Å²) in [5.74, 6) is 0.417. The Morgan fingerprint density at radius 3 is 2.60 bits per heavy atom. The van der Waals surface area contributed by atoms with E-state index in [2.05, 4.69) is 0 Å². The minimum absolute atomic E-state index is 0.0292. The van der Waals surface area contributed by atoms with Gasteiger partial charge >= 0.3 is 0 Å². The Morgan fingerprint density at radius 1 is 1.47 bits per heavy atom. The molecule has 2 nitrogen and oxygen atoms in total. The van der Waals surface area contributed by atoms with Crippen molar-refractivity contribution in [3.8, 4) is 5.75 Å². The minimum atomic E-state index is -0.201. The second kappa shape index (κ2) is 5.12. The maximum atomic E-state index is 13.6. The number of halogens is 1. The maximum absolute atomic E-state index is 13.6. The van der Waals surface area contributed by atoms with Crippen LogP contribution in [-0.4, -0.2) is 13.2 Å². The molecule has 84 valence electrons. The molecule has 0 bridgehead atoms. The van der Waals surface area contributed by atoms with Gasteiger partial charge in [-0.25, -0.2) is 4.39 Å². The van der Waals surface area contributed by atoms with Crippen LogP contribution in [0.2, 0.25) is 0 Å². The summed E-state index contributed by atoms with van der Waals surface area (Å²) in [6, 6.07) is 3.44. The second-order valence-electron chi connectivity index (χ2n) is 3.79. The van der Waals surface area contributed by atoms with Crippen LogP contribution in [0.5, 0.6) is 5.75 Å². The summed E-state index contributed by atoms with van der Waals surface area (Å²) in [6.07, 6.45) is 1.30. The average Bonchev–Trinajstić information content (AvgIpc) is 2.15. The first-order chi connectivity index (χ1) is 7.08. The summed E-state index contributed by atoms with van der Waals surface area (Å²) >= 11 is 0. The Kier molecular flexibility index (Phi) is 4.09. The summed E-state index contributed by atoms with van der Waals surface area (Å²) in [7, 11) is 1.56. The third-order valence-electron chi connectivity index (χ3n) is 2.35. The highest BCUT2D eigenvalue weighted by molar-refractivity contribution is 5.39. The van der Waals surface area contributed by atoms with Crippen LogP contribution in [0.25, 0.3) is 0 Å². The summed E-state index contributed by atoms with van der Waals surface area (Å²) in [4.78, 5) is 0. The van der Waals surface area contributed by atoms with Crippen molar-refractivity contribution in [3.05, 3.63) is 29.1 Å². The van der Waals surface area contributed by atoms with Gasteiger partial charge in [0.25, 0.3) is 0 Å². The normalized spacial score (nSPS) is 12.6. The molecule has 3 heteroatoms. The molecule has 0 spiro atoms. The summed E-state index contributed by atoms with van der Waals surface area (Å²) in [5, 5.41) is 0. The number of hydrogen-bond acceptors (Lipinski definition) is 2. The van der Waals surface area contributed by atoms with E-state index in [4.69, 9.17) is 10.5 Å². The van der Waals surface area contributed by atoms with Crippen LogP contribution in [0.4, 0.5) is 4.39 Å². The largest absolute Gasteiger partial charge is 0.496 e. The predicted octanol–water partition coefficient (Wildman–Crippen LogP) is 2.29. The van der Waals surface area contributed by atoms with Gasteiger partial charge in [-0.05, 0) is 37.5 Å². The SMILES string of the molecule is CCc1c(F)cc(CC(C)N)cc1OC. The van der Waals surface area contributed by atoms with E-state index in [1.165, 1.54) is 0 Å². The first-order valence-electron chi connectivity index (χ1n) is 5.19. The summed E-state index contributed by atoms with van der Waals surface area (Å²) in [5.41, 5.74) is 7.19. The van der Waals surface area contributed by atoms with Crippen LogP contribution in [-0.2, 0) is 12.8 Å². The molecule has 1 rings (SSSR count). The van der Waals surface area contributed by atoms with Crippen LogP contribution in [0.1, 0.15) is 25.0 Å². The molecule has 0 aliphatic carbocycles. The van der Waals surface area contributed by atoms with Crippen LogP contribution < -0.4 is 10.5 Å². The number of methoxy groups -OCH3 is 1. The Hall–Kier alpha value is -1.09. The first kappa shape index (κ1) is 12.0. The van der Waals surface area contributed by atoms with E-state index in [0.29, 0.717) is 24.2 Å². The molecule has 0 saturated heterocycles. The predicted molar refractivity (Wildman–Crippen MR) is 59.7 cm³/mol. The van der Waals surface area contributed by atoms with Gasteiger partial charge in [0, 0.05) is 11.6 Å². The molecular weight excluding hydrogens is 193 g/mol. The molecular formula is C12H18FNO. The van der Waals surface area contributed by atoms with E-state index >= 15 is 0 Å². The molecule has 1 aromatic rings. The zero-order chi connectivity index (χ0) is 11.4. The third kappa shape index (κ3) is 2.93. The highest BCUT2D eigenvalue weighted by atomic mass is 19.1. The van der Waals surface area contributed by atoms with Gasteiger partial charge in [-0.2, -0.15) is 0 Å². The smallest absolute Gasteiger partial charge is 0.130 e. The van der Waals surface area contributed by atoms with Gasteiger partial charge in [0.1, 0.15) is 11.6 Å². The van der Waals surface area contributed by atoms with Gasteiger partial charge in [-0.1, -0.05) is 6.92 Å². The van der Waals surface area contributed by atoms with Crippen LogP contribution in [0.3, 0.4) is 0 Å². The molecule has 0 fully saturated rings. The Labute approximate surface area is 90.2 Å². The molecule has 1 unspecified atom stereocenters. The molecule has 0 radical (unpaired) electrons. The van der Waals surface area contributed by atoms with Crippen molar-refractivity contribution < 1.29 is 9.13 Å². The van der Waals surface area contributed by atoms with Crippen molar-refractivity contribution in [2.24, 2.45) is 5.73 Å². The third-order valence-corrected chi connectivity index (χ3v) is 2.35.